The highest BCUT2D eigenvalue weighted by molar-refractivity contribution is 5.98. The first kappa shape index (κ1) is 20.2. The van der Waals surface area contributed by atoms with Crippen molar-refractivity contribution in [3.63, 3.8) is 0 Å². The molecule has 0 saturated carbocycles. The number of benzene rings is 2. The molecule has 0 unspecified atom stereocenters. The highest BCUT2D eigenvalue weighted by atomic mass is 16.4. The van der Waals surface area contributed by atoms with Crippen LogP contribution in [0.2, 0.25) is 0 Å². The summed E-state index contributed by atoms with van der Waals surface area (Å²) in [6.45, 7) is 5.71. The van der Waals surface area contributed by atoms with Gasteiger partial charge in [-0.3, -0.25) is 9.59 Å². The summed E-state index contributed by atoms with van der Waals surface area (Å²) in [7, 11) is 0. The van der Waals surface area contributed by atoms with Gasteiger partial charge in [-0.15, -0.1) is 0 Å². The number of aryl methyl sites for hydroxylation is 1. The van der Waals surface area contributed by atoms with Gasteiger partial charge in [-0.25, -0.2) is 4.79 Å². The Labute approximate surface area is 158 Å². The minimum atomic E-state index is -1.14. The van der Waals surface area contributed by atoms with Gasteiger partial charge in [0.1, 0.15) is 0 Å². The third-order valence-corrected chi connectivity index (χ3v) is 4.01. The van der Waals surface area contributed by atoms with Crippen molar-refractivity contribution in [3.8, 4) is 0 Å². The molecule has 0 aliphatic rings. The van der Waals surface area contributed by atoms with Crippen molar-refractivity contribution in [2.75, 3.05) is 5.32 Å². The van der Waals surface area contributed by atoms with Gasteiger partial charge in [0, 0.05) is 17.7 Å². The number of anilines is 1. The van der Waals surface area contributed by atoms with Gasteiger partial charge >= 0.3 is 5.97 Å². The van der Waals surface area contributed by atoms with Crippen LogP contribution in [0.5, 0.6) is 0 Å². The van der Waals surface area contributed by atoms with Gasteiger partial charge in [0.15, 0.2) is 6.04 Å². The van der Waals surface area contributed by atoms with Crippen LogP contribution >= 0.6 is 0 Å². The molecule has 0 bridgehead atoms. The van der Waals surface area contributed by atoms with Crippen molar-refractivity contribution in [2.45, 2.75) is 33.2 Å². The minimum Gasteiger partial charge on any atom is -0.479 e. The molecule has 6 nitrogen and oxygen atoms in total. The lowest BCUT2D eigenvalue weighted by Crippen LogP contribution is -2.33. The predicted molar refractivity (Wildman–Crippen MR) is 104 cm³/mol. The molecule has 0 saturated heterocycles. The third-order valence-electron chi connectivity index (χ3n) is 4.01. The second kappa shape index (κ2) is 8.98. The van der Waals surface area contributed by atoms with Crippen molar-refractivity contribution >= 4 is 23.5 Å². The average Bonchev–Trinajstić information content (AvgIpc) is 2.61. The molecule has 2 aromatic rings. The summed E-state index contributed by atoms with van der Waals surface area (Å²) in [4.78, 5) is 36.0. The second-order valence-corrected chi connectivity index (χ2v) is 6.83. The molecule has 0 spiro atoms. The summed E-state index contributed by atoms with van der Waals surface area (Å²) < 4.78 is 0. The molecule has 0 fully saturated rings. The number of carboxylic acid groups (broad SMARTS) is 1. The van der Waals surface area contributed by atoms with E-state index < -0.39 is 17.9 Å². The van der Waals surface area contributed by atoms with Gasteiger partial charge in [-0.05, 0) is 42.2 Å². The van der Waals surface area contributed by atoms with Crippen molar-refractivity contribution in [2.24, 2.45) is 5.92 Å². The van der Waals surface area contributed by atoms with Crippen LogP contribution in [0, 0.1) is 12.8 Å². The number of rotatable bonds is 7. The van der Waals surface area contributed by atoms with Gasteiger partial charge in [0.25, 0.3) is 5.91 Å². The van der Waals surface area contributed by atoms with Gasteiger partial charge in [0.2, 0.25) is 5.91 Å². The Bertz CT molecular complexity index is 831. The molecule has 3 N–H and O–H groups in total. The minimum absolute atomic E-state index is 0.0830. The summed E-state index contributed by atoms with van der Waals surface area (Å²) in [5.74, 6) is -1.46. The molecule has 2 amide bonds. The fourth-order valence-electron chi connectivity index (χ4n) is 2.66. The first-order valence-electron chi connectivity index (χ1n) is 8.77. The molecule has 0 aliphatic carbocycles. The first-order chi connectivity index (χ1) is 12.8. The van der Waals surface area contributed by atoms with E-state index >= 15 is 0 Å². The van der Waals surface area contributed by atoms with Crippen molar-refractivity contribution in [3.05, 3.63) is 65.2 Å². The van der Waals surface area contributed by atoms with E-state index in [-0.39, 0.29) is 11.8 Å². The standard InChI is InChI=1S/C21H24N2O4/c1-13(2)11-18(24)22-17-10-9-16(12-14(17)3)20(25)23-19(21(26)27)15-7-5-4-6-8-15/h4-10,12-13,19H,11H2,1-3H3,(H,22,24)(H,23,25)(H,26,27)/t19-/m1/s1. The van der Waals surface area contributed by atoms with Crippen molar-refractivity contribution < 1.29 is 19.5 Å². The molecule has 142 valence electrons. The Morgan fingerprint density at radius 2 is 1.70 bits per heavy atom. The summed E-state index contributed by atoms with van der Waals surface area (Å²) >= 11 is 0. The summed E-state index contributed by atoms with van der Waals surface area (Å²) in [5.41, 5.74) is 2.19. The lowest BCUT2D eigenvalue weighted by molar-refractivity contribution is -0.139. The topological polar surface area (TPSA) is 95.5 Å². The van der Waals surface area contributed by atoms with Crippen molar-refractivity contribution in [1.82, 2.24) is 5.32 Å². The maximum absolute atomic E-state index is 12.5. The number of nitrogens with one attached hydrogen (secondary N) is 2. The van der Waals surface area contributed by atoms with E-state index in [9.17, 15) is 19.5 Å². The molecule has 1 atom stereocenters. The molecule has 6 heteroatoms. The van der Waals surface area contributed by atoms with E-state index in [0.717, 1.165) is 5.56 Å². The van der Waals surface area contributed by atoms with E-state index in [4.69, 9.17) is 0 Å². The van der Waals surface area contributed by atoms with Gasteiger partial charge in [-0.2, -0.15) is 0 Å². The SMILES string of the molecule is Cc1cc(C(=O)N[C@@H](C(=O)O)c2ccccc2)ccc1NC(=O)CC(C)C. The number of hydrogen-bond donors (Lipinski definition) is 3. The molecular weight excluding hydrogens is 344 g/mol. The molecule has 0 heterocycles. The van der Waals surface area contributed by atoms with Crippen LogP contribution in [0.15, 0.2) is 48.5 Å². The van der Waals surface area contributed by atoms with Crippen LogP contribution in [-0.4, -0.2) is 22.9 Å². The normalized spacial score (nSPS) is 11.7. The van der Waals surface area contributed by atoms with Crippen LogP contribution in [0.3, 0.4) is 0 Å². The predicted octanol–water partition coefficient (Wildman–Crippen LogP) is 3.54. The van der Waals surface area contributed by atoms with Crippen molar-refractivity contribution in [1.29, 1.82) is 0 Å². The summed E-state index contributed by atoms with van der Waals surface area (Å²) in [6, 6.07) is 12.2. The zero-order valence-corrected chi connectivity index (χ0v) is 15.7. The number of carbonyl (C=O) groups excluding carboxylic acids is 2. The van der Waals surface area contributed by atoms with E-state index in [2.05, 4.69) is 10.6 Å². The van der Waals surface area contributed by atoms with Crippen LogP contribution < -0.4 is 10.6 Å². The second-order valence-electron chi connectivity index (χ2n) is 6.83. The fraction of sp³-hybridized carbons (Fsp3) is 0.286. The van der Waals surface area contributed by atoms with Crippen LogP contribution in [0.1, 0.15) is 47.8 Å². The Morgan fingerprint density at radius 1 is 1.04 bits per heavy atom. The fourth-order valence-corrected chi connectivity index (χ4v) is 2.66. The van der Waals surface area contributed by atoms with Gasteiger partial charge < -0.3 is 15.7 Å². The zero-order chi connectivity index (χ0) is 20.0. The maximum atomic E-state index is 12.5. The number of amides is 2. The van der Waals surface area contributed by atoms with Crippen LogP contribution in [-0.2, 0) is 9.59 Å². The molecule has 0 radical (unpaired) electrons. The molecule has 2 rings (SSSR count). The Kier molecular flexibility index (Phi) is 6.71. The summed E-state index contributed by atoms with van der Waals surface area (Å²) in [6.07, 6.45) is 0.416. The number of carboxylic acids is 1. The maximum Gasteiger partial charge on any atom is 0.330 e. The van der Waals surface area contributed by atoms with Crippen LogP contribution in [0.25, 0.3) is 0 Å². The molecule has 0 aliphatic heterocycles. The quantitative estimate of drug-likeness (QED) is 0.696. The largest absolute Gasteiger partial charge is 0.479 e. The average molecular weight is 368 g/mol. The Balaban J connectivity index is 2.13. The highest BCUT2D eigenvalue weighted by Crippen LogP contribution is 2.19. The monoisotopic (exact) mass is 368 g/mol. The summed E-state index contributed by atoms with van der Waals surface area (Å²) in [5, 5.41) is 14.8. The molecule has 0 aromatic heterocycles. The van der Waals surface area contributed by atoms with Gasteiger partial charge in [0.05, 0.1) is 0 Å². The van der Waals surface area contributed by atoms with E-state index in [1.165, 1.54) is 0 Å². The zero-order valence-electron chi connectivity index (χ0n) is 15.7. The van der Waals surface area contributed by atoms with Gasteiger partial charge in [-0.1, -0.05) is 44.2 Å². The highest BCUT2D eigenvalue weighted by Gasteiger charge is 2.22. The Hall–Kier alpha value is -3.15. The van der Waals surface area contributed by atoms with E-state index in [0.29, 0.717) is 23.2 Å². The lowest BCUT2D eigenvalue weighted by Gasteiger charge is -2.16. The number of hydrogen-bond acceptors (Lipinski definition) is 3. The first-order valence-corrected chi connectivity index (χ1v) is 8.77. The Morgan fingerprint density at radius 3 is 2.26 bits per heavy atom. The number of aliphatic carboxylic acids is 1. The molecule has 27 heavy (non-hydrogen) atoms. The van der Waals surface area contributed by atoms with E-state index in [1.807, 2.05) is 13.8 Å². The van der Waals surface area contributed by atoms with E-state index in [1.54, 1.807) is 55.5 Å². The smallest absolute Gasteiger partial charge is 0.330 e. The molecular formula is C21H24N2O4. The molecule has 2 aromatic carbocycles. The van der Waals surface area contributed by atoms with Crippen LogP contribution in [0.4, 0.5) is 5.69 Å². The number of carbonyl (C=O) groups is 3. The third kappa shape index (κ3) is 5.67. The lowest BCUT2D eigenvalue weighted by atomic mass is 10.0.